The van der Waals surface area contributed by atoms with E-state index in [1.165, 1.54) is 5.56 Å². The second kappa shape index (κ2) is 5.71. The highest BCUT2D eigenvalue weighted by molar-refractivity contribution is 5.66. The van der Waals surface area contributed by atoms with Crippen molar-refractivity contribution in [2.24, 2.45) is 0 Å². The molecule has 1 rings (SSSR count). The van der Waals surface area contributed by atoms with Gasteiger partial charge in [0.25, 0.3) is 0 Å². The highest BCUT2D eigenvalue weighted by atomic mass is 16.5. The molecular formula is C14H20O3. The maximum Gasteiger partial charge on any atom is 0.303 e. The normalized spacial score (nSPS) is 11.2. The van der Waals surface area contributed by atoms with Crippen LogP contribution in [-0.4, -0.2) is 16.7 Å². The molecule has 0 aliphatic heterocycles. The lowest BCUT2D eigenvalue weighted by Crippen LogP contribution is -2.29. The van der Waals surface area contributed by atoms with Gasteiger partial charge in [0.2, 0.25) is 0 Å². The minimum Gasteiger partial charge on any atom is -0.488 e. The number of carboxylic acid groups (broad SMARTS) is 1. The van der Waals surface area contributed by atoms with Crippen molar-refractivity contribution < 1.29 is 14.6 Å². The molecule has 0 aliphatic carbocycles. The van der Waals surface area contributed by atoms with E-state index < -0.39 is 11.6 Å². The molecule has 0 aliphatic rings. The van der Waals surface area contributed by atoms with Crippen molar-refractivity contribution in [1.82, 2.24) is 0 Å². The predicted octanol–water partition coefficient (Wildman–Crippen LogP) is 3.27. The van der Waals surface area contributed by atoms with E-state index in [2.05, 4.69) is 13.0 Å². The third-order valence-corrected chi connectivity index (χ3v) is 2.64. The zero-order chi connectivity index (χ0) is 12.9. The molecule has 0 saturated heterocycles. The number of carboxylic acids is 1. The average molecular weight is 236 g/mol. The molecule has 0 atom stereocenters. The van der Waals surface area contributed by atoms with Crippen molar-refractivity contribution in [3.05, 3.63) is 29.8 Å². The summed E-state index contributed by atoms with van der Waals surface area (Å²) in [5.41, 5.74) is 0.765. The van der Waals surface area contributed by atoms with Gasteiger partial charge >= 0.3 is 5.97 Å². The quantitative estimate of drug-likeness (QED) is 0.824. The smallest absolute Gasteiger partial charge is 0.303 e. The number of hydrogen-bond donors (Lipinski definition) is 1. The van der Waals surface area contributed by atoms with E-state index in [0.717, 1.165) is 12.2 Å². The summed E-state index contributed by atoms with van der Waals surface area (Å²) >= 11 is 0. The van der Waals surface area contributed by atoms with E-state index in [9.17, 15) is 4.79 Å². The number of carbonyl (C=O) groups is 1. The van der Waals surface area contributed by atoms with Gasteiger partial charge in [0, 0.05) is 6.42 Å². The summed E-state index contributed by atoms with van der Waals surface area (Å²) in [5, 5.41) is 8.67. The van der Waals surface area contributed by atoms with Crippen LogP contribution in [0.3, 0.4) is 0 Å². The topological polar surface area (TPSA) is 46.5 Å². The number of hydrogen-bond acceptors (Lipinski definition) is 2. The molecule has 1 N–H and O–H groups in total. The Hall–Kier alpha value is -1.51. The van der Waals surface area contributed by atoms with E-state index >= 15 is 0 Å². The van der Waals surface area contributed by atoms with Gasteiger partial charge in [-0.1, -0.05) is 19.1 Å². The maximum absolute atomic E-state index is 10.5. The van der Waals surface area contributed by atoms with Crippen molar-refractivity contribution >= 4 is 5.97 Å². The predicted molar refractivity (Wildman–Crippen MR) is 67.4 cm³/mol. The summed E-state index contributed by atoms with van der Waals surface area (Å²) < 4.78 is 5.83. The SMILES string of the molecule is CCc1cccc(OC(C)(C)CCC(=O)O)c1. The Morgan fingerprint density at radius 3 is 2.71 bits per heavy atom. The Labute approximate surface area is 102 Å². The van der Waals surface area contributed by atoms with E-state index in [-0.39, 0.29) is 6.42 Å². The van der Waals surface area contributed by atoms with Crippen LogP contribution >= 0.6 is 0 Å². The molecule has 3 heteroatoms. The van der Waals surface area contributed by atoms with E-state index in [0.29, 0.717) is 6.42 Å². The van der Waals surface area contributed by atoms with Crippen LogP contribution < -0.4 is 4.74 Å². The van der Waals surface area contributed by atoms with Crippen molar-refractivity contribution in [3.8, 4) is 5.75 Å². The second-order valence-corrected chi connectivity index (χ2v) is 4.76. The van der Waals surface area contributed by atoms with Gasteiger partial charge in [-0.05, 0) is 44.4 Å². The highest BCUT2D eigenvalue weighted by Gasteiger charge is 2.21. The fourth-order valence-electron chi connectivity index (χ4n) is 1.61. The van der Waals surface area contributed by atoms with Gasteiger partial charge in [-0.2, -0.15) is 0 Å². The van der Waals surface area contributed by atoms with Crippen LogP contribution in [0.5, 0.6) is 5.75 Å². The van der Waals surface area contributed by atoms with Crippen LogP contribution in [0.25, 0.3) is 0 Å². The molecule has 0 radical (unpaired) electrons. The first kappa shape index (κ1) is 13.6. The standard InChI is InChI=1S/C14H20O3/c1-4-11-6-5-7-12(10-11)17-14(2,3)9-8-13(15)16/h5-7,10H,4,8-9H2,1-3H3,(H,15,16). The Morgan fingerprint density at radius 2 is 2.12 bits per heavy atom. The molecule has 0 bridgehead atoms. The van der Waals surface area contributed by atoms with Crippen LogP contribution in [0.1, 0.15) is 39.2 Å². The number of ether oxygens (including phenoxy) is 1. The summed E-state index contributed by atoms with van der Waals surface area (Å²) in [6, 6.07) is 7.92. The van der Waals surface area contributed by atoms with Crippen molar-refractivity contribution in [2.45, 2.75) is 45.6 Å². The minimum atomic E-state index is -0.788. The third-order valence-electron chi connectivity index (χ3n) is 2.64. The molecule has 0 amide bonds. The summed E-state index contributed by atoms with van der Waals surface area (Å²) in [6.45, 7) is 5.91. The summed E-state index contributed by atoms with van der Waals surface area (Å²) in [6.07, 6.45) is 1.59. The lowest BCUT2D eigenvalue weighted by atomic mass is 10.0. The molecule has 0 saturated carbocycles. The first-order chi connectivity index (χ1) is 7.93. The number of aryl methyl sites for hydroxylation is 1. The first-order valence-corrected chi connectivity index (χ1v) is 5.93. The number of rotatable bonds is 6. The van der Waals surface area contributed by atoms with Crippen molar-refractivity contribution in [1.29, 1.82) is 0 Å². The average Bonchev–Trinajstić information content (AvgIpc) is 2.26. The first-order valence-electron chi connectivity index (χ1n) is 5.93. The van der Waals surface area contributed by atoms with Gasteiger partial charge in [0.15, 0.2) is 0 Å². The Kier molecular flexibility index (Phi) is 4.55. The van der Waals surface area contributed by atoms with Gasteiger partial charge in [0.05, 0.1) is 0 Å². The van der Waals surface area contributed by atoms with Gasteiger partial charge in [0.1, 0.15) is 11.4 Å². The van der Waals surface area contributed by atoms with Crippen LogP contribution in [0.15, 0.2) is 24.3 Å². The van der Waals surface area contributed by atoms with Gasteiger partial charge in [-0.25, -0.2) is 0 Å². The maximum atomic E-state index is 10.5. The molecule has 0 spiro atoms. The van der Waals surface area contributed by atoms with Crippen LogP contribution in [0, 0.1) is 0 Å². The van der Waals surface area contributed by atoms with E-state index in [4.69, 9.17) is 9.84 Å². The van der Waals surface area contributed by atoms with Crippen molar-refractivity contribution in [3.63, 3.8) is 0 Å². The number of benzene rings is 1. The van der Waals surface area contributed by atoms with Crippen molar-refractivity contribution in [2.75, 3.05) is 0 Å². The molecule has 17 heavy (non-hydrogen) atoms. The van der Waals surface area contributed by atoms with E-state index in [1.54, 1.807) is 0 Å². The second-order valence-electron chi connectivity index (χ2n) is 4.76. The summed E-state index contributed by atoms with van der Waals surface area (Å²) in [5.74, 6) is 0.0173. The molecule has 3 nitrogen and oxygen atoms in total. The molecule has 0 unspecified atom stereocenters. The third kappa shape index (κ3) is 4.89. The Morgan fingerprint density at radius 1 is 1.41 bits per heavy atom. The van der Waals surface area contributed by atoms with E-state index in [1.807, 2.05) is 32.0 Å². The zero-order valence-electron chi connectivity index (χ0n) is 10.7. The molecule has 0 heterocycles. The van der Waals surface area contributed by atoms with Crippen LogP contribution in [-0.2, 0) is 11.2 Å². The Bertz CT molecular complexity index is 383. The Balaban J connectivity index is 2.64. The molecule has 1 aromatic carbocycles. The highest BCUT2D eigenvalue weighted by Crippen LogP contribution is 2.23. The summed E-state index contributed by atoms with van der Waals surface area (Å²) in [4.78, 5) is 10.5. The minimum absolute atomic E-state index is 0.125. The molecule has 94 valence electrons. The zero-order valence-corrected chi connectivity index (χ0v) is 10.7. The fraction of sp³-hybridized carbons (Fsp3) is 0.500. The molecule has 0 aromatic heterocycles. The summed E-state index contributed by atoms with van der Waals surface area (Å²) in [7, 11) is 0. The van der Waals surface area contributed by atoms with Gasteiger partial charge < -0.3 is 9.84 Å². The monoisotopic (exact) mass is 236 g/mol. The van der Waals surface area contributed by atoms with Gasteiger partial charge in [-0.3, -0.25) is 4.79 Å². The fourth-order valence-corrected chi connectivity index (χ4v) is 1.61. The molecule has 1 aromatic rings. The lowest BCUT2D eigenvalue weighted by Gasteiger charge is -2.26. The van der Waals surface area contributed by atoms with Crippen LogP contribution in [0.2, 0.25) is 0 Å². The van der Waals surface area contributed by atoms with Gasteiger partial charge in [-0.15, -0.1) is 0 Å². The lowest BCUT2D eigenvalue weighted by molar-refractivity contribution is -0.138. The largest absolute Gasteiger partial charge is 0.488 e. The molecular weight excluding hydrogens is 216 g/mol. The molecule has 0 fully saturated rings. The van der Waals surface area contributed by atoms with Crippen LogP contribution in [0.4, 0.5) is 0 Å². The number of aliphatic carboxylic acids is 1.